The van der Waals surface area contributed by atoms with E-state index in [4.69, 9.17) is 5.11 Å². The molecule has 104 valence electrons. The Kier molecular flexibility index (Phi) is 3.31. The van der Waals surface area contributed by atoms with Gasteiger partial charge in [0.25, 0.3) is 5.56 Å². The van der Waals surface area contributed by atoms with Gasteiger partial charge in [-0.05, 0) is 24.3 Å². The first-order valence-electron chi connectivity index (χ1n) is 5.30. The summed E-state index contributed by atoms with van der Waals surface area (Å²) in [5.74, 6) is -1.70. The second-order valence-corrected chi connectivity index (χ2v) is 3.81. The Morgan fingerprint density at radius 1 is 1.25 bits per heavy atom. The van der Waals surface area contributed by atoms with Gasteiger partial charge in [-0.3, -0.25) is 4.79 Å². The van der Waals surface area contributed by atoms with Crippen molar-refractivity contribution in [1.82, 2.24) is 9.78 Å². The number of nitrogens with zero attached hydrogens (tertiary/aromatic N) is 2. The number of benzene rings is 1. The first kappa shape index (κ1) is 13.8. The number of aromatic nitrogens is 2. The summed E-state index contributed by atoms with van der Waals surface area (Å²) < 4.78 is 39.3. The molecule has 20 heavy (non-hydrogen) atoms. The lowest BCUT2D eigenvalue weighted by atomic mass is 10.1. The fraction of sp³-hybridized carbons (Fsp3) is 0.0833. The molecule has 0 fully saturated rings. The second kappa shape index (κ2) is 4.80. The molecule has 1 aromatic carbocycles. The number of carboxylic acid groups (broad SMARTS) is 1. The molecule has 8 heteroatoms. The van der Waals surface area contributed by atoms with Crippen LogP contribution in [-0.4, -0.2) is 20.9 Å². The summed E-state index contributed by atoms with van der Waals surface area (Å²) >= 11 is 0. The van der Waals surface area contributed by atoms with E-state index in [2.05, 4.69) is 5.10 Å². The maximum absolute atomic E-state index is 12.8. The Labute approximate surface area is 109 Å². The van der Waals surface area contributed by atoms with E-state index in [0.29, 0.717) is 6.07 Å². The van der Waals surface area contributed by atoms with Gasteiger partial charge in [-0.25, -0.2) is 4.79 Å². The molecule has 0 saturated carbocycles. The zero-order chi connectivity index (χ0) is 14.9. The standard InChI is InChI=1S/C12H7F3N2O3/c13-12(14,15)9-6-7(3-4-8(9)11(19)20)17-10(18)2-1-5-16-17/h1-6H,(H,19,20). The van der Waals surface area contributed by atoms with Crippen LogP contribution in [0.3, 0.4) is 0 Å². The Bertz CT molecular complexity index is 722. The molecule has 1 aromatic heterocycles. The molecule has 0 atom stereocenters. The van der Waals surface area contributed by atoms with Crippen LogP contribution >= 0.6 is 0 Å². The number of aromatic carboxylic acids is 1. The van der Waals surface area contributed by atoms with Crippen LogP contribution in [0.4, 0.5) is 13.2 Å². The normalized spacial score (nSPS) is 11.3. The average molecular weight is 284 g/mol. The molecule has 0 amide bonds. The van der Waals surface area contributed by atoms with Gasteiger partial charge >= 0.3 is 12.1 Å². The highest BCUT2D eigenvalue weighted by Crippen LogP contribution is 2.33. The Morgan fingerprint density at radius 2 is 1.95 bits per heavy atom. The highest BCUT2D eigenvalue weighted by atomic mass is 19.4. The summed E-state index contributed by atoms with van der Waals surface area (Å²) in [5, 5.41) is 12.4. The smallest absolute Gasteiger partial charge is 0.417 e. The van der Waals surface area contributed by atoms with Crippen molar-refractivity contribution >= 4 is 5.97 Å². The van der Waals surface area contributed by atoms with Crippen molar-refractivity contribution in [2.45, 2.75) is 6.18 Å². The molecule has 0 unspecified atom stereocenters. The molecule has 0 aliphatic rings. The number of carbonyl (C=O) groups is 1. The Morgan fingerprint density at radius 3 is 2.50 bits per heavy atom. The van der Waals surface area contributed by atoms with Gasteiger partial charge in [0.05, 0.1) is 16.8 Å². The maximum atomic E-state index is 12.8. The predicted octanol–water partition coefficient (Wildman–Crippen LogP) is 1.95. The predicted molar refractivity (Wildman–Crippen MR) is 61.8 cm³/mol. The summed E-state index contributed by atoms with van der Waals surface area (Å²) in [6, 6.07) is 4.94. The molecule has 0 bridgehead atoms. The molecule has 1 N–H and O–H groups in total. The number of alkyl halides is 3. The number of hydrogen-bond acceptors (Lipinski definition) is 3. The molecule has 0 spiro atoms. The van der Waals surface area contributed by atoms with Crippen LogP contribution in [0.5, 0.6) is 0 Å². The van der Waals surface area contributed by atoms with E-state index >= 15 is 0 Å². The summed E-state index contributed by atoms with van der Waals surface area (Å²) in [4.78, 5) is 22.3. The van der Waals surface area contributed by atoms with Gasteiger partial charge in [0, 0.05) is 12.3 Å². The Hall–Kier alpha value is -2.64. The van der Waals surface area contributed by atoms with E-state index in [1.165, 1.54) is 12.3 Å². The van der Waals surface area contributed by atoms with Crippen LogP contribution in [0.25, 0.3) is 5.69 Å². The van der Waals surface area contributed by atoms with Crippen LogP contribution in [0.1, 0.15) is 15.9 Å². The highest BCUT2D eigenvalue weighted by Gasteiger charge is 2.35. The van der Waals surface area contributed by atoms with Crippen LogP contribution in [0, 0.1) is 0 Å². The van der Waals surface area contributed by atoms with Gasteiger partial charge in [-0.15, -0.1) is 0 Å². The number of hydrogen-bond donors (Lipinski definition) is 1. The van der Waals surface area contributed by atoms with Crippen LogP contribution in [0.15, 0.2) is 41.3 Å². The van der Waals surface area contributed by atoms with E-state index < -0.39 is 28.8 Å². The van der Waals surface area contributed by atoms with Gasteiger partial charge in [0.15, 0.2) is 0 Å². The van der Waals surface area contributed by atoms with Crippen molar-refractivity contribution < 1.29 is 23.1 Å². The lowest BCUT2D eigenvalue weighted by Gasteiger charge is -2.12. The summed E-state index contributed by atoms with van der Waals surface area (Å²) in [6.45, 7) is 0. The summed E-state index contributed by atoms with van der Waals surface area (Å²) in [6.07, 6.45) is -3.61. The average Bonchev–Trinajstić information content (AvgIpc) is 2.37. The molecule has 0 radical (unpaired) electrons. The van der Waals surface area contributed by atoms with Crippen LogP contribution < -0.4 is 5.56 Å². The van der Waals surface area contributed by atoms with Crippen LogP contribution in [-0.2, 0) is 6.18 Å². The quantitative estimate of drug-likeness (QED) is 0.914. The minimum Gasteiger partial charge on any atom is -0.478 e. The summed E-state index contributed by atoms with van der Waals surface area (Å²) in [7, 11) is 0. The second-order valence-electron chi connectivity index (χ2n) is 3.81. The Balaban J connectivity index is 2.68. The molecule has 0 saturated heterocycles. The molecule has 5 nitrogen and oxygen atoms in total. The molecule has 1 heterocycles. The van der Waals surface area contributed by atoms with Gasteiger partial charge < -0.3 is 5.11 Å². The van der Waals surface area contributed by atoms with E-state index in [1.807, 2.05) is 0 Å². The largest absolute Gasteiger partial charge is 0.478 e. The highest BCUT2D eigenvalue weighted by molar-refractivity contribution is 5.90. The van der Waals surface area contributed by atoms with Crippen molar-refractivity contribution in [3.05, 3.63) is 58.0 Å². The third-order valence-electron chi connectivity index (χ3n) is 2.50. The molecular formula is C12H7F3N2O3. The lowest BCUT2D eigenvalue weighted by Crippen LogP contribution is -2.21. The van der Waals surface area contributed by atoms with E-state index in [0.717, 1.165) is 22.9 Å². The third-order valence-corrected chi connectivity index (χ3v) is 2.50. The molecular weight excluding hydrogens is 277 g/mol. The molecule has 0 aliphatic heterocycles. The van der Waals surface area contributed by atoms with Gasteiger partial charge in [-0.2, -0.15) is 23.0 Å². The van der Waals surface area contributed by atoms with E-state index in [1.54, 1.807) is 0 Å². The number of carboxylic acids is 1. The molecule has 2 aromatic rings. The zero-order valence-electron chi connectivity index (χ0n) is 9.76. The van der Waals surface area contributed by atoms with Gasteiger partial charge in [0.2, 0.25) is 0 Å². The van der Waals surface area contributed by atoms with Crippen molar-refractivity contribution in [2.24, 2.45) is 0 Å². The fourth-order valence-corrected chi connectivity index (χ4v) is 1.64. The van der Waals surface area contributed by atoms with Crippen molar-refractivity contribution in [3.63, 3.8) is 0 Å². The number of halogens is 3. The topological polar surface area (TPSA) is 72.2 Å². The minimum atomic E-state index is -4.85. The first-order chi connectivity index (χ1) is 9.30. The van der Waals surface area contributed by atoms with Gasteiger partial charge in [-0.1, -0.05) is 0 Å². The van der Waals surface area contributed by atoms with Gasteiger partial charge in [0.1, 0.15) is 0 Å². The molecule has 2 rings (SSSR count). The first-order valence-corrected chi connectivity index (χ1v) is 5.30. The monoisotopic (exact) mass is 284 g/mol. The van der Waals surface area contributed by atoms with Crippen LogP contribution in [0.2, 0.25) is 0 Å². The van der Waals surface area contributed by atoms with E-state index in [-0.39, 0.29) is 5.69 Å². The lowest BCUT2D eigenvalue weighted by molar-refractivity contribution is -0.138. The summed E-state index contributed by atoms with van der Waals surface area (Å²) in [5.41, 5.74) is -3.00. The SMILES string of the molecule is O=C(O)c1ccc(-n2ncccc2=O)cc1C(F)(F)F. The minimum absolute atomic E-state index is 0.159. The van der Waals surface area contributed by atoms with Crippen molar-refractivity contribution in [2.75, 3.05) is 0 Å². The zero-order valence-corrected chi connectivity index (χ0v) is 9.76. The van der Waals surface area contributed by atoms with E-state index in [9.17, 15) is 22.8 Å². The number of rotatable bonds is 2. The van der Waals surface area contributed by atoms with Crippen molar-refractivity contribution in [1.29, 1.82) is 0 Å². The maximum Gasteiger partial charge on any atom is 0.417 e. The fourth-order valence-electron chi connectivity index (χ4n) is 1.64. The van der Waals surface area contributed by atoms with Crippen molar-refractivity contribution in [3.8, 4) is 5.69 Å². The third kappa shape index (κ3) is 2.53. The molecule has 0 aliphatic carbocycles.